The second kappa shape index (κ2) is 4.89. The fraction of sp³-hybridized carbons (Fsp3) is 0.188. The molecule has 2 aromatic rings. The summed E-state index contributed by atoms with van der Waals surface area (Å²) in [5, 5.41) is 9.05. The van der Waals surface area contributed by atoms with Crippen LogP contribution in [0, 0.1) is 0 Å². The molecule has 4 heteroatoms. The lowest BCUT2D eigenvalue weighted by molar-refractivity contribution is 0.0610. The van der Waals surface area contributed by atoms with Gasteiger partial charge < -0.3 is 9.84 Å². The molecule has 0 saturated heterocycles. The van der Waals surface area contributed by atoms with Crippen LogP contribution < -0.4 is 4.74 Å². The molecule has 0 fully saturated rings. The largest absolute Gasteiger partial charge is 0.469 e. The number of rotatable bonds is 2. The van der Waals surface area contributed by atoms with Gasteiger partial charge in [-0.25, -0.2) is 4.79 Å². The number of amides is 1. The van der Waals surface area contributed by atoms with Gasteiger partial charge in [0.05, 0.1) is 0 Å². The third-order valence-electron chi connectivity index (χ3n) is 3.56. The maximum atomic E-state index is 11.0. The Bertz CT molecular complexity index is 639. The minimum absolute atomic E-state index is 0.452. The lowest BCUT2D eigenvalue weighted by Gasteiger charge is -2.21. The van der Waals surface area contributed by atoms with Crippen molar-refractivity contribution in [2.45, 2.75) is 12.6 Å². The van der Waals surface area contributed by atoms with Crippen molar-refractivity contribution in [2.24, 2.45) is 0 Å². The number of ether oxygens (including phenoxy) is 1. The number of hydrogen-bond donors (Lipinski definition) is 1. The molecule has 3 rings (SSSR count). The molecule has 4 nitrogen and oxygen atoms in total. The van der Waals surface area contributed by atoms with E-state index < -0.39 is 12.3 Å². The number of benzene rings is 2. The topological polar surface area (TPSA) is 49.8 Å². The summed E-state index contributed by atoms with van der Waals surface area (Å²) in [7, 11) is 1.53. The molecule has 1 unspecified atom stereocenters. The summed E-state index contributed by atoms with van der Waals surface area (Å²) < 4.78 is 5.86. The summed E-state index contributed by atoms with van der Waals surface area (Å²) in [6, 6.07) is 15.9. The van der Waals surface area contributed by atoms with Gasteiger partial charge in [0.25, 0.3) is 0 Å². The number of fused-ring (bicyclic) bond motifs is 1. The van der Waals surface area contributed by atoms with Gasteiger partial charge in [-0.1, -0.05) is 48.5 Å². The van der Waals surface area contributed by atoms with Crippen molar-refractivity contribution in [1.29, 1.82) is 0 Å². The van der Waals surface area contributed by atoms with Crippen molar-refractivity contribution in [3.8, 4) is 16.9 Å². The van der Waals surface area contributed by atoms with E-state index in [4.69, 9.17) is 9.84 Å². The van der Waals surface area contributed by atoms with E-state index in [1.807, 2.05) is 48.5 Å². The number of likely N-dealkylation sites (N-methyl/N-ethyl adjacent to an activating group) is 1. The first kappa shape index (κ1) is 12.5. The summed E-state index contributed by atoms with van der Waals surface area (Å²) in [5.41, 5.74) is 3.12. The summed E-state index contributed by atoms with van der Waals surface area (Å²) >= 11 is 0. The van der Waals surface area contributed by atoms with Crippen molar-refractivity contribution in [2.75, 3.05) is 7.05 Å². The second-order valence-corrected chi connectivity index (χ2v) is 4.83. The molecule has 0 radical (unpaired) electrons. The van der Waals surface area contributed by atoms with Gasteiger partial charge >= 0.3 is 6.09 Å². The van der Waals surface area contributed by atoms with Gasteiger partial charge in [-0.3, -0.25) is 4.90 Å². The molecule has 20 heavy (non-hydrogen) atoms. The molecule has 0 aromatic heterocycles. The van der Waals surface area contributed by atoms with Gasteiger partial charge in [0.2, 0.25) is 0 Å². The molecular formula is C16H15NO3. The molecule has 1 aliphatic rings. The Morgan fingerprint density at radius 2 is 1.95 bits per heavy atom. The van der Waals surface area contributed by atoms with Crippen LogP contribution in [0.2, 0.25) is 0 Å². The van der Waals surface area contributed by atoms with Crippen LogP contribution >= 0.6 is 0 Å². The first-order chi connectivity index (χ1) is 9.66. The second-order valence-electron chi connectivity index (χ2n) is 4.83. The zero-order valence-corrected chi connectivity index (χ0v) is 11.1. The zero-order valence-electron chi connectivity index (χ0n) is 11.1. The average molecular weight is 269 g/mol. The minimum Gasteiger partial charge on any atom is -0.469 e. The average Bonchev–Trinajstić information content (AvgIpc) is 2.91. The standard InChI is InChI=1S/C16H15NO3/c1-17(16(18)19)14-10-12-8-5-9-13(15(12)20-14)11-6-3-2-4-7-11/h2-9,14H,10H2,1H3,(H,18,19). The molecule has 1 amide bonds. The van der Waals surface area contributed by atoms with Crippen LogP contribution in [0.3, 0.4) is 0 Å². The lowest BCUT2D eigenvalue weighted by atomic mass is 10.0. The smallest absolute Gasteiger partial charge is 0.409 e. The van der Waals surface area contributed by atoms with E-state index in [9.17, 15) is 4.79 Å². The highest BCUT2D eigenvalue weighted by Gasteiger charge is 2.30. The van der Waals surface area contributed by atoms with Gasteiger partial charge in [-0.15, -0.1) is 0 Å². The molecule has 0 bridgehead atoms. The Labute approximate surface area is 117 Å². The van der Waals surface area contributed by atoms with Crippen molar-refractivity contribution < 1.29 is 14.6 Å². The lowest BCUT2D eigenvalue weighted by Crippen LogP contribution is -2.38. The predicted octanol–water partition coefficient (Wildman–Crippen LogP) is 3.22. The highest BCUT2D eigenvalue weighted by atomic mass is 16.5. The van der Waals surface area contributed by atoms with Crippen LogP contribution in [-0.2, 0) is 6.42 Å². The first-order valence-corrected chi connectivity index (χ1v) is 6.46. The highest BCUT2D eigenvalue weighted by Crippen LogP contribution is 2.39. The van der Waals surface area contributed by atoms with Crippen LogP contribution in [0.1, 0.15) is 5.56 Å². The Morgan fingerprint density at radius 3 is 2.65 bits per heavy atom. The van der Waals surface area contributed by atoms with Crippen LogP contribution in [0.4, 0.5) is 4.79 Å². The molecule has 0 aliphatic carbocycles. The number of carbonyl (C=O) groups is 1. The van der Waals surface area contributed by atoms with Crippen LogP contribution in [0.15, 0.2) is 48.5 Å². The Balaban J connectivity index is 1.97. The van der Waals surface area contributed by atoms with Crippen molar-refractivity contribution in [1.82, 2.24) is 4.90 Å². The van der Waals surface area contributed by atoms with E-state index in [0.717, 1.165) is 22.4 Å². The van der Waals surface area contributed by atoms with Crippen LogP contribution in [0.5, 0.6) is 5.75 Å². The van der Waals surface area contributed by atoms with Crippen molar-refractivity contribution in [3.63, 3.8) is 0 Å². The van der Waals surface area contributed by atoms with E-state index in [1.165, 1.54) is 11.9 Å². The Kier molecular flexibility index (Phi) is 3.06. The van der Waals surface area contributed by atoms with Crippen molar-refractivity contribution >= 4 is 6.09 Å². The van der Waals surface area contributed by atoms with Gasteiger partial charge in [-0.05, 0) is 5.56 Å². The summed E-state index contributed by atoms with van der Waals surface area (Å²) in [4.78, 5) is 12.2. The van der Waals surface area contributed by atoms with Gasteiger partial charge in [0.15, 0.2) is 6.23 Å². The number of nitrogens with zero attached hydrogens (tertiary/aromatic N) is 1. The fourth-order valence-electron chi connectivity index (χ4n) is 2.43. The van der Waals surface area contributed by atoms with E-state index in [2.05, 4.69) is 0 Å². The quantitative estimate of drug-likeness (QED) is 0.910. The molecular weight excluding hydrogens is 254 g/mol. The van der Waals surface area contributed by atoms with Gasteiger partial charge in [-0.2, -0.15) is 0 Å². The van der Waals surface area contributed by atoms with E-state index >= 15 is 0 Å². The Hall–Kier alpha value is -2.49. The maximum Gasteiger partial charge on any atom is 0.409 e. The molecule has 2 aromatic carbocycles. The molecule has 1 N–H and O–H groups in total. The summed E-state index contributed by atoms with van der Waals surface area (Å²) in [5.74, 6) is 0.789. The van der Waals surface area contributed by atoms with Crippen LogP contribution in [0.25, 0.3) is 11.1 Å². The number of carboxylic acid groups (broad SMARTS) is 1. The minimum atomic E-state index is -0.982. The number of para-hydroxylation sites is 1. The molecule has 1 atom stereocenters. The third kappa shape index (κ3) is 2.09. The normalized spacial score (nSPS) is 16.4. The van der Waals surface area contributed by atoms with Gasteiger partial charge in [0.1, 0.15) is 5.75 Å². The summed E-state index contributed by atoms with van der Waals surface area (Å²) in [6.45, 7) is 0. The Morgan fingerprint density at radius 1 is 1.20 bits per heavy atom. The maximum absolute atomic E-state index is 11.0. The predicted molar refractivity (Wildman–Crippen MR) is 75.8 cm³/mol. The summed E-state index contributed by atoms with van der Waals surface area (Å²) in [6.07, 6.45) is -0.852. The van der Waals surface area contributed by atoms with E-state index in [0.29, 0.717) is 6.42 Å². The molecule has 0 spiro atoms. The van der Waals surface area contributed by atoms with Crippen LogP contribution in [-0.4, -0.2) is 29.4 Å². The number of hydrogen-bond acceptors (Lipinski definition) is 2. The first-order valence-electron chi connectivity index (χ1n) is 6.46. The SMILES string of the molecule is CN(C(=O)O)C1Cc2cccc(-c3ccccc3)c2O1. The van der Waals surface area contributed by atoms with E-state index in [1.54, 1.807) is 0 Å². The molecule has 102 valence electrons. The van der Waals surface area contributed by atoms with Crippen molar-refractivity contribution in [3.05, 3.63) is 54.1 Å². The molecule has 0 saturated carbocycles. The monoisotopic (exact) mass is 269 g/mol. The highest BCUT2D eigenvalue weighted by molar-refractivity contribution is 5.73. The van der Waals surface area contributed by atoms with Gasteiger partial charge in [0, 0.05) is 24.6 Å². The molecule has 1 heterocycles. The zero-order chi connectivity index (χ0) is 14.1. The fourth-order valence-corrected chi connectivity index (χ4v) is 2.43. The third-order valence-corrected chi connectivity index (χ3v) is 3.56. The van der Waals surface area contributed by atoms with E-state index in [-0.39, 0.29) is 0 Å². The molecule has 1 aliphatic heterocycles.